The van der Waals surface area contributed by atoms with Gasteiger partial charge in [-0.2, -0.15) is 0 Å². The molecule has 1 aliphatic heterocycles. The monoisotopic (exact) mass is 264 g/mol. The van der Waals surface area contributed by atoms with Gasteiger partial charge in [0.2, 0.25) is 0 Å². The van der Waals surface area contributed by atoms with Gasteiger partial charge in [-0.3, -0.25) is 4.90 Å². The predicted molar refractivity (Wildman–Crippen MR) is 76.5 cm³/mol. The lowest BCUT2D eigenvalue weighted by Crippen LogP contribution is -2.47. The van der Waals surface area contributed by atoms with Crippen LogP contribution in [-0.4, -0.2) is 48.9 Å². The first-order valence-electron chi connectivity index (χ1n) is 7.08. The maximum Gasteiger partial charge on any atom is 0.119 e. The molecule has 1 heterocycles. The lowest BCUT2D eigenvalue weighted by Gasteiger charge is -2.36. The van der Waals surface area contributed by atoms with Crippen molar-refractivity contribution in [1.82, 2.24) is 10.2 Å². The van der Waals surface area contributed by atoms with E-state index in [9.17, 15) is 5.11 Å². The van der Waals surface area contributed by atoms with Crippen LogP contribution in [0, 0.1) is 0 Å². The second-order valence-corrected chi connectivity index (χ2v) is 4.98. The Morgan fingerprint density at radius 2 is 2.11 bits per heavy atom. The molecule has 1 fully saturated rings. The molecule has 1 aliphatic rings. The van der Waals surface area contributed by atoms with Crippen molar-refractivity contribution >= 4 is 0 Å². The molecule has 0 amide bonds. The molecule has 2 N–H and O–H groups in total. The minimum Gasteiger partial charge on any atom is -0.494 e. The molecule has 2 atom stereocenters. The SMILES string of the molecule is CCOc1cccc(C(C(C)O)N2CCNCC2)c1. The molecule has 0 spiro atoms. The Kier molecular flexibility index (Phi) is 5.19. The van der Waals surface area contributed by atoms with Gasteiger partial charge in [-0.15, -0.1) is 0 Å². The van der Waals surface area contributed by atoms with Crippen molar-refractivity contribution in [3.63, 3.8) is 0 Å². The zero-order valence-electron chi connectivity index (χ0n) is 11.8. The zero-order valence-corrected chi connectivity index (χ0v) is 11.8. The van der Waals surface area contributed by atoms with E-state index in [0.29, 0.717) is 6.61 Å². The van der Waals surface area contributed by atoms with Crippen LogP contribution < -0.4 is 10.1 Å². The van der Waals surface area contributed by atoms with Crippen LogP contribution in [0.1, 0.15) is 25.5 Å². The molecule has 2 unspecified atom stereocenters. The molecule has 1 aromatic carbocycles. The summed E-state index contributed by atoms with van der Waals surface area (Å²) < 4.78 is 5.55. The maximum atomic E-state index is 10.1. The minimum absolute atomic E-state index is 0.0440. The highest BCUT2D eigenvalue weighted by molar-refractivity contribution is 5.31. The van der Waals surface area contributed by atoms with Gasteiger partial charge in [-0.1, -0.05) is 12.1 Å². The number of hydrogen-bond donors (Lipinski definition) is 2. The molecule has 4 heteroatoms. The van der Waals surface area contributed by atoms with Gasteiger partial charge in [0.15, 0.2) is 0 Å². The van der Waals surface area contributed by atoms with Crippen molar-refractivity contribution in [3.05, 3.63) is 29.8 Å². The number of rotatable bonds is 5. The van der Waals surface area contributed by atoms with Gasteiger partial charge in [0, 0.05) is 26.2 Å². The summed E-state index contributed by atoms with van der Waals surface area (Å²) >= 11 is 0. The molecule has 106 valence electrons. The summed E-state index contributed by atoms with van der Waals surface area (Å²) in [5.74, 6) is 0.876. The van der Waals surface area contributed by atoms with E-state index in [1.807, 2.05) is 32.0 Å². The lowest BCUT2D eigenvalue weighted by molar-refractivity contribution is 0.0524. The average Bonchev–Trinajstić information content (AvgIpc) is 2.40. The summed E-state index contributed by atoms with van der Waals surface area (Å²) in [7, 11) is 0. The van der Waals surface area contributed by atoms with E-state index in [1.165, 1.54) is 0 Å². The molecule has 0 bridgehead atoms. The summed E-state index contributed by atoms with van der Waals surface area (Å²) in [5, 5.41) is 13.5. The Morgan fingerprint density at radius 1 is 1.37 bits per heavy atom. The number of ether oxygens (including phenoxy) is 1. The first kappa shape index (κ1) is 14.3. The van der Waals surface area contributed by atoms with Crippen molar-refractivity contribution in [3.8, 4) is 5.75 Å². The van der Waals surface area contributed by atoms with Crippen molar-refractivity contribution < 1.29 is 9.84 Å². The van der Waals surface area contributed by atoms with Crippen LogP contribution in [0.3, 0.4) is 0 Å². The van der Waals surface area contributed by atoms with Crippen LogP contribution >= 0.6 is 0 Å². The number of benzene rings is 1. The molecular formula is C15H24N2O2. The molecule has 2 rings (SSSR count). The molecular weight excluding hydrogens is 240 g/mol. The standard InChI is InChI=1S/C15H24N2O2/c1-3-19-14-6-4-5-13(11-14)15(12(2)18)17-9-7-16-8-10-17/h4-6,11-12,15-16,18H,3,7-10H2,1-2H3. The summed E-state index contributed by atoms with van der Waals surface area (Å²) in [6, 6.07) is 8.12. The van der Waals surface area contributed by atoms with Gasteiger partial charge in [-0.05, 0) is 31.5 Å². The van der Waals surface area contributed by atoms with Gasteiger partial charge in [0.1, 0.15) is 5.75 Å². The Labute approximate surface area is 115 Å². The molecule has 0 aromatic heterocycles. The topological polar surface area (TPSA) is 44.7 Å². The van der Waals surface area contributed by atoms with Gasteiger partial charge in [-0.25, -0.2) is 0 Å². The average molecular weight is 264 g/mol. The third-order valence-electron chi connectivity index (χ3n) is 3.51. The molecule has 0 radical (unpaired) electrons. The van der Waals surface area contributed by atoms with Gasteiger partial charge < -0.3 is 15.2 Å². The Balaban J connectivity index is 2.20. The molecule has 4 nitrogen and oxygen atoms in total. The van der Waals surface area contributed by atoms with E-state index in [2.05, 4.69) is 16.3 Å². The van der Waals surface area contributed by atoms with Crippen LogP contribution in [0.5, 0.6) is 5.75 Å². The van der Waals surface area contributed by atoms with E-state index in [0.717, 1.165) is 37.5 Å². The number of nitrogens with one attached hydrogen (secondary N) is 1. The van der Waals surface area contributed by atoms with E-state index in [-0.39, 0.29) is 6.04 Å². The fraction of sp³-hybridized carbons (Fsp3) is 0.600. The Hall–Kier alpha value is -1.10. The molecule has 0 aliphatic carbocycles. The first-order chi connectivity index (χ1) is 9.22. The number of aliphatic hydroxyl groups excluding tert-OH is 1. The summed E-state index contributed by atoms with van der Waals surface area (Å²) in [5.41, 5.74) is 1.13. The van der Waals surface area contributed by atoms with E-state index in [4.69, 9.17) is 4.74 Å². The fourth-order valence-corrected chi connectivity index (χ4v) is 2.71. The van der Waals surface area contributed by atoms with Crippen LogP contribution in [0.2, 0.25) is 0 Å². The largest absolute Gasteiger partial charge is 0.494 e. The van der Waals surface area contributed by atoms with Crippen molar-refractivity contribution in [2.24, 2.45) is 0 Å². The second kappa shape index (κ2) is 6.89. The van der Waals surface area contributed by atoms with Gasteiger partial charge >= 0.3 is 0 Å². The van der Waals surface area contributed by atoms with E-state index >= 15 is 0 Å². The Bertz CT molecular complexity index is 389. The fourth-order valence-electron chi connectivity index (χ4n) is 2.71. The lowest BCUT2D eigenvalue weighted by atomic mass is 9.99. The summed E-state index contributed by atoms with van der Waals surface area (Å²) in [4.78, 5) is 2.34. The number of nitrogens with zero attached hydrogens (tertiary/aromatic N) is 1. The first-order valence-corrected chi connectivity index (χ1v) is 7.08. The van der Waals surface area contributed by atoms with E-state index in [1.54, 1.807) is 0 Å². The highest BCUT2D eigenvalue weighted by Gasteiger charge is 2.26. The maximum absolute atomic E-state index is 10.1. The quantitative estimate of drug-likeness (QED) is 0.844. The second-order valence-electron chi connectivity index (χ2n) is 4.98. The molecule has 19 heavy (non-hydrogen) atoms. The molecule has 1 aromatic rings. The summed E-state index contributed by atoms with van der Waals surface area (Å²) in [6.45, 7) is 8.40. The smallest absolute Gasteiger partial charge is 0.119 e. The van der Waals surface area contributed by atoms with Crippen LogP contribution in [0.15, 0.2) is 24.3 Å². The number of hydrogen-bond acceptors (Lipinski definition) is 4. The zero-order chi connectivity index (χ0) is 13.7. The van der Waals surface area contributed by atoms with E-state index < -0.39 is 6.10 Å². The highest BCUT2D eigenvalue weighted by Crippen LogP contribution is 2.27. The Morgan fingerprint density at radius 3 is 2.74 bits per heavy atom. The van der Waals surface area contributed by atoms with Crippen LogP contribution in [-0.2, 0) is 0 Å². The summed E-state index contributed by atoms with van der Waals surface area (Å²) in [6.07, 6.45) is -0.394. The van der Waals surface area contributed by atoms with Crippen molar-refractivity contribution in [2.45, 2.75) is 26.0 Å². The third-order valence-corrected chi connectivity index (χ3v) is 3.51. The van der Waals surface area contributed by atoms with Crippen LogP contribution in [0.4, 0.5) is 0 Å². The predicted octanol–water partition coefficient (Wildman–Crippen LogP) is 1.41. The number of aliphatic hydroxyl groups is 1. The van der Waals surface area contributed by atoms with Gasteiger partial charge in [0.25, 0.3) is 0 Å². The third kappa shape index (κ3) is 3.69. The van der Waals surface area contributed by atoms with Crippen LogP contribution in [0.25, 0.3) is 0 Å². The van der Waals surface area contributed by atoms with Crippen molar-refractivity contribution in [1.29, 1.82) is 0 Å². The molecule has 0 saturated carbocycles. The molecule has 1 saturated heterocycles. The van der Waals surface area contributed by atoms with Crippen molar-refractivity contribution in [2.75, 3.05) is 32.8 Å². The highest BCUT2D eigenvalue weighted by atomic mass is 16.5. The minimum atomic E-state index is -0.394. The number of piperazine rings is 1. The van der Waals surface area contributed by atoms with Gasteiger partial charge in [0.05, 0.1) is 18.8 Å². The normalized spacial score (nSPS) is 19.9.